The Balaban J connectivity index is 2.61. The molecule has 0 atom stereocenters. The van der Waals surface area contributed by atoms with E-state index in [4.69, 9.17) is 4.74 Å². The summed E-state index contributed by atoms with van der Waals surface area (Å²) in [5, 5.41) is 0. The molecule has 67 valence electrons. The molecular formula is C11H12NO. The summed E-state index contributed by atoms with van der Waals surface area (Å²) in [5.74, 6) is 0.874. The number of methoxy groups -OCH3 is 1. The van der Waals surface area contributed by atoms with E-state index in [-0.39, 0.29) is 0 Å². The van der Waals surface area contributed by atoms with Crippen molar-refractivity contribution in [2.75, 3.05) is 7.11 Å². The minimum Gasteiger partial charge on any atom is -0.495 e. The quantitative estimate of drug-likeness (QED) is 0.681. The number of hydrogen-bond acceptors (Lipinski definition) is 1. The van der Waals surface area contributed by atoms with Gasteiger partial charge in [0.05, 0.1) is 13.3 Å². The van der Waals surface area contributed by atoms with Crippen LogP contribution in [-0.4, -0.2) is 11.5 Å². The van der Waals surface area contributed by atoms with Gasteiger partial charge in [0.15, 0.2) is 0 Å². The van der Waals surface area contributed by atoms with Crippen molar-refractivity contribution in [1.29, 1.82) is 0 Å². The monoisotopic (exact) mass is 174 g/mol. The molecule has 0 amide bonds. The molecule has 0 aliphatic carbocycles. The van der Waals surface area contributed by atoms with Gasteiger partial charge in [-0.3, -0.25) is 0 Å². The lowest BCUT2D eigenvalue weighted by Crippen LogP contribution is -1.88. The maximum absolute atomic E-state index is 5.13. The van der Waals surface area contributed by atoms with E-state index >= 15 is 0 Å². The lowest BCUT2D eigenvalue weighted by atomic mass is 10.2. The second kappa shape index (κ2) is 3.13. The molecule has 0 saturated heterocycles. The molecule has 0 saturated carbocycles. The molecule has 0 fully saturated rings. The van der Waals surface area contributed by atoms with E-state index in [0.717, 1.165) is 12.2 Å². The van der Waals surface area contributed by atoms with Gasteiger partial charge in [0.2, 0.25) is 0 Å². The summed E-state index contributed by atoms with van der Waals surface area (Å²) in [4.78, 5) is 0. The van der Waals surface area contributed by atoms with Gasteiger partial charge in [0.1, 0.15) is 5.75 Å². The summed E-state index contributed by atoms with van der Waals surface area (Å²) >= 11 is 0. The minimum absolute atomic E-state index is 0.822. The second-order valence-corrected chi connectivity index (χ2v) is 2.95. The van der Waals surface area contributed by atoms with Crippen LogP contribution < -0.4 is 4.74 Å². The van der Waals surface area contributed by atoms with Crippen LogP contribution in [0.5, 0.6) is 5.75 Å². The smallest absolute Gasteiger partial charge is 0.135 e. The molecule has 2 aromatic rings. The fourth-order valence-corrected chi connectivity index (χ4v) is 1.48. The molecule has 2 aromatic heterocycles. The number of pyridine rings is 1. The van der Waals surface area contributed by atoms with Crippen molar-refractivity contribution in [3.63, 3.8) is 0 Å². The van der Waals surface area contributed by atoms with Gasteiger partial charge in [0, 0.05) is 11.7 Å². The first-order chi connectivity index (χ1) is 6.35. The number of ether oxygens (including phenoxy) is 1. The van der Waals surface area contributed by atoms with Crippen molar-refractivity contribution < 1.29 is 4.74 Å². The van der Waals surface area contributed by atoms with E-state index in [1.807, 2.05) is 18.5 Å². The topological polar surface area (TPSA) is 13.6 Å². The first-order valence-corrected chi connectivity index (χ1v) is 4.28. The zero-order chi connectivity index (χ0) is 9.26. The molecule has 0 N–H and O–H groups in total. The van der Waals surface area contributed by atoms with Crippen LogP contribution in [0.4, 0.5) is 0 Å². The molecular weight excluding hydrogens is 162 g/mol. The molecule has 13 heavy (non-hydrogen) atoms. The summed E-state index contributed by atoms with van der Waals surface area (Å²) in [5.41, 5.74) is 2.47. The Morgan fingerprint density at radius 2 is 2.23 bits per heavy atom. The van der Waals surface area contributed by atoms with Crippen molar-refractivity contribution in [2.45, 2.75) is 6.42 Å². The van der Waals surface area contributed by atoms with Crippen molar-refractivity contribution in [2.24, 2.45) is 0 Å². The lowest BCUT2D eigenvalue weighted by Gasteiger charge is -2.01. The van der Waals surface area contributed by atoms with Crippen LogP contribution >= 0.6 is 0 Å². The third-order valence-electron chi connectivity index (χ3n) is 2.22. The van der Waals surface area contributed by atoms with E-state index in [0.29, 0.717) is 0 Å². The van der Waals surface area contributed by atoms with Crippen molar-refractivity contribution in [3.05, 3.63) is 43.1 Å². The molecule has 0 aliphatic heterocycles. The highest BCUT2D eigenvalue weighted by molar-refractivity contribution is 5.57. The van der Waals surface area contributed by atoms with Crippen molar-refractivity contribution in [3.8, 4) is 5.75 Å². The van der Waals surface area contributed by atoms with Crippen LogP contribution in [0.2, 0.25) is 0 Å². The zero-order valence-electron chi connectivity index (χ0n) is 7.66. The molecule has 0 unspecified atom stereocenters. The standard InChI is InChI=1S/C11H12NO/c1-3-9-6-7-12-8-10(13-2)4-5-11(9)12/h4-8H,1,3H2,2H3. The van der Waals surface area contributed by atoms with Crippen LogP contribution in [-0.2, 0) is 6.42 Å². The van der Waals surface area contributed by atoms with Gasteiger partial charge in [-0.15, -0.1) is 0 Å². The maximum atomic E-state index is 5.13. The van der Waals surface area contributed by atoms with E-state index < -0.39 is 0 Å². The number of hydrogen-bond donors (Lipinski definition) is 0. The summed E-state index contributed by atoms with van der Waals surface area (Å²) in [7, 11) is 1.67. The van der Waals surface area contributed by atoms with Gasteiger partial charge in [-0.05, 0) is 37.1 Å². The number of fused-ring (bicyclic) bond motifs is 1. The van der Waals surface area contributed by atoms with E-state index in [1.165, 1.54) is 11.1 Å². The fraction of sp³-hybridized carbons (Fsp3) is 0.182. The van der Waals surface area contributed by atoms with Crippen LogP contribution in [0.15, 0.2) is 30.6 Å². The van der Waals surface area contributed by atoms with Gasteiger partial charge in [-0.1, -0.05) is 0 Å². The Bertz CT molecular complexity index is 417. The van der Waals surface area contributed by atoms with Crippen LogP contribution in [0.25, 0.3) is 5.52 Å². The molecule has 0 aliphatic rings. The molecule has 0 spiro atoms. The largest absolute Gasteiger partial charge is 0.495 e. The normalized spacial score (nSPS) is 10.6. The van der Waals surface area contributed by atoms with Gasteiger partial charge >= 0.3 is 0 Å². The average Bonchev–Trinajstić information content (AvgIpc) is 2.59. The molecule has 0 aromatic carbocycles. The molecule has 0 bridgehead atoms. The average molecular weight is 174 g/mol. The highest BCUT2D eigenvalue weighted by atomic mass is 16.5. The highest BCUT2D eigenvalue weighted by Crippen LogP contribution is 2.17. The molecule has 2 heterocycles. The van der Waals surface area contributed by atoms with Crippen LogP contribution in [0, 0.1) is 6.92 Å². The Morgan fingerprint density at radius 3 is 2.92 bits per heavy atom. The van der Waals surface area contributed by atoms with E-state index in [9.17, 15) is 0 Å². The first kappa shape index (κ1) is 8.17. The lowest BCUT2D eigenvalue weighted by molar-refractivity contribution is 0.412. The van der Waals surface area contributed by atoms with Gasteiger partial charge < -0.3 is 9.14 Å². The van der Waals surface area contributed by atoms with Gasteiger partial charge in [-0.25, -0.2) is 0 Å². The zero-order valence-corrected chi connectivity index (χ0v) is 7.66. The SMILES string of the molecule is [CH2]Cc1ccn2cc(OC)ccc12. The van der Waals surface area contributed by atoms with E-state index in [2.05, 4.69) is 23.5 Å². The fourth-order valence-electron chi connectivity index (χ4n) is 1.48. The van der Waals surface area contributed by atoms with Crippen molar-refractivity contribution >= 4 is 5.52 Å². The minimum atomic E-state index is 0.822. The number of rotatable bonds is 2. The Labute approximate surface area is 77.8 Å². The third-order valence-corrected chi connectivity index (χ3v) is 2.22. The summed E-state index contributed by atoms with van der Waals surface area (Å²) in [6.45, 7) is 3.88. The maximum Gasteiger partial charge on any atom is 0.135 e. The predicted octanol–water partition coefficient (Wildman–Crippen LogP) is 2.32. The molecule has 2 nitrogen and oxygen atoms in total. The molecule has 1 radical (unpaired) electrons. The predicted molar refractivity (Wildman–Crippen MR) is 53.0 cm³/mol. The summed E-state index contributed by atoms with van der Waals surface area (Å²) < 4.78 is 7.18. The number of nitrogens with zero attached hydrogens (tertiary/aromatic N) is 1. The third kappa shape index (κ3) is 1.28. The number of aromatic nitrogens is 1. The Kier molecular flexibility index (Phi) is 1.97. The summed E-state index contributed by atoms with van der Waals surface area (Å²) in [6, 6.07) is 6.11. The van der Waals surface area contributed by atoms with Gasteiger partial charge in [0.25, 0.3) is 0 Å². The molecule has 2 rings (SSSR count). The molecule has 2 heteroatoms. The van der Waals surface area contributed by atoms with Crippen molar-refractivity contribution in [1.82, 2.24) is 4.40 Å². The summed E-state index contributed by atoms with van der Waals surface area (Å²) in [6.07, 6.45) is 4.82. The van der Waals surface area contributed by atoms with E-state index in [1.54, 1.807) is 7.11 Å². The Hall–Kier alpha value is -1.44. The van der Waals surface area contributed by atoms with Gasteiger partial charge in [-0.2, -0.15) is 0 Å². The van der Waals surface area contributed by atoms with Crippen LogP contribution in [0.3, 0.4) is 0 Å². The Morgan fingerprint density at radius 1 is 1.38 bits per heavy atom. The highest BCUT2D eigenvalue weighted by Gasteiger charge is 2.00. The second-order valence-electron chi connectivity index (χ2n) is 2.95. The first-order valence-electron chi connectivity index (χ1n) is 4.28. The van der Waals surface area contributed by atoms with Crippen LogP contribution in [0.1, 0.15) is 5.56 Å².